The fraction of sp³-hybridized carbons (Fsp3) is 0.333. The van der Waals surface area contributed by atoms with Crippen molar-refractivity contribution in [3.8, 4) is 17.4 Å². The zero-order valence-corrected chi connectivity index (χ0v) is 29.5. The second-order valence-corrected chi connectivity index (χ2v) is 15.5. The number of allylic oxidation sites excluding steroid dienone is 2. The Morgan fingerprint density at radius 2 is 1.68 bits per heavy atom. The molecule has 3 aromatic carbocycles. The number of carbonyl (C=O) groups is 1. The van der Waals surface area contributed by atoms with Gasteiger partial charge in [-0.1, -0.05) is 58.9 Å². The summed E-state index contributed by atoms with van der Waals surface area (Å²) in [4.78, 5) is 26.8. The summed E-state index contributed by atoms with van der Waals surface area (Å²) < 4.78 is 30.6. The molecule has 4 aromatic rings. The lowest BCUT2D eigenvalue weighted by molar-refractivity contribution is 0.262. The van der Waals surface area contributed by atoms with E-state index in [-0.39, 0.29) is 11.4 Å². The van der Waals surface area contributed by atoms with Gasteiger partial charge in [-0.15, -0.1) is 0 Å². The van der Waals surface area contributed by atoms with E-state index in [0.29, 0.717) is 46.2 Å². The van der Waals surface area contributed by atoms with Crippen molar-refractivity contribution < 1.29 is 23.6 Å². The highest BCUT2D eigenvalue weighted by atomic mass is 31.2. The third-order valence-corrected chi connectivity index (χ3v) is 8.89. The molecule has 0 bridgehead atoms. The topological polar surface area (TPSA) is 124 Å². The molecule has 2 N–H and O–H groups in total. The van der Waals surface area contributed by atoms with Crippen LogP contribution in [0, 0.1) is 0 Å². The summed E-state index contributed by atoms with van der Waals surface area (Å²) >= 11 is 0. The van der Waals surface area contributed by atoms with Crippen LogP contribution in [-0.4, -0.2) is 49.3 Å². The number of ether oxygens (including phenoxy) is 3. The molecule has 11 heteroatoms. The number of hydrogen-bond acceptors (Lipinski definition) is 8. The van der Waals surface area contributed by atoms with Gasteiger partial charge in [-0.25, -0.2) is 14.8 Å². The number of amides is 2. The van der Waals surface area contributed by atoms with Crippen LogP contribution in [0.3, 0.4) is 0 Å². The molecule has 0 atom stereocenters. The van der Waals surface area contributed by atoms with Crippen molar-refractivity contribution in [3.05, 3.63) is 78.2 Å². The Labute approximate surface area is 277 Å². The van der Waals surface area contributed by atoms with Crippen LogP contribution < -0.4 is 25.4 Å². The number of nitrogens with zero attached hydrogens (tertiary/aromatic N) is 3. The molecule has 0 saturated heterocycles. The summed E-state index contributed by atoms with van der Waals surface area (Å²) in [6.07, 6.45) is 5.02. The molecular weight excluding hydrogens is 613 g/mol. The van der Waals surface area contributed by atoms with Crippen molar-refractivity contribution in [2.75, 3.05) is 38.2 Å². The van der Waals surface area contributed by atoms with Gasteiger partial charge < -0.3 is 29.4 Å². The van der Waals surface area contributed by atoms with Crippen LogP contribution in [0.1, 0.15) is 53.0 Å². The van der Waals surface area contributed by atoms with Crippen LogP contribution in [0.15, 0.2) is 77.6 Å². The average molecular weight is 658 g/mol. The molecule has 4 rings (SSSR count). The van der Waals surface area contributed by atoms with Crippen LogP contribution in [0.5, 0.6) is 17.4 Å². The highest BCUT2D eigenvalue weighted by Gasteiger charge is 2.26. The number of aliphatic imine (C=N–C) groups is 1. The van der Waals surface area contributed by atoms with Gasteiger partial charge in [-0.2, -0.15) is 4.98 Å². The largest absolute Gasteiger partial charge is 0.495 e. The molecule has 0 saturated carbocycles. The number of rotatable bonds is 11. The number of hydrogen-bond donors (Lipinski definition) is 2. The molecule has 0 spiro atoms. The van der Waals surface area contributed by atoms with Crippen molar-refractivity contribution in [1.29, 1.82) is 0 Å². The summed E-state index contributed by atoms with van der Waals surface area (Å²) in [5.41, 5.74) is 2.44. The van der Waals surface area contributed by atoms with Gasteiger partial charge in [0, 0.05) is 23.0 Å². The molecule has 1 heterocycles. The fourth-order valence-corrected chi connectivity index (χ4v) is 6.14. The standard InChI is InChI=1S/C36H44N5O5P/c1-10-14-30(44-6)26(11-2)38-34-37-20-19-32(41-34)46-29-18-17-27(24-15-12-13-16-25(24)29)39-35(42)40-28-21-23(36(3,4)5)22-31(33(28)45-7)47(8,9)43/h12-22H,10-11H2,1-9H3,(H2,39,40,42)/b30-14+,38-26?. The van der Waals surface area contributed by atoms with E-state index < -0.39 is 13.2 Å². The number of fused-ring (bicyclic) bond motifs is 1. The van der Waals surface area contributed by atoms with E-state index >= 15 is 0 Å². The number of benzene rings is 3. The summed E-state index contributed by atoms with van der Waals surface area (Å²) in [5.74, 6) is 2.20. The summed E-state index contributed by atoms with van der Waals surface area (Å²) in [6.45, 7) is 13.6. The Kier molecular flexibility index (Phi) is 11.1. The predicted octanol–water partition coefficient (Wildman–Crippen LogP) is 9.04. The molecule has 0 aliphatic heterocycles. The van der Waals surface area contributed by atoms with Gasteiger partial charge in [0.1, 0.15) is 18.7 Å². The molecule has 47 heavy (non-hydrogen) atoms. The van der Waals surface area contributed by atoms with Gasteiger partial charge in [-0.3, -0.25) is 0 Å². The Bertz CT molecular complexity index is 1870. The van der Waals surface area contributed by atoms with Crippen LogP contribution in [0.4, 0.5) is 22.1 Å². The maximum atomic E-state index is 13.4. The van der Waals surface area contributed by atoms with E-state index in [1.165, 1.54) is 7.11 Å². The third kappa shape index (κ3) is 8.57. The number of nitrogens with one attached hydrogen (secondary N) is 2. The van der Waals surface area contributed by atoms with E-state index in [9.17, 15) is 9.36 Å². The predicted molar refractivity (Wildman–Crippen MR) is 192 cm³/mol. The molecule has 248 valence electrons. The zero-order valence-electron chi connectivity index (χ0n) is 28.6. The highest BCUT2D eigenvalue weighted by molar-refractivity contribution is 7.70. The Morgan fingerprint density at radius 1 is 0.979 bits per heavy atom. The first-order chi connectivity index (χ1) is 22.3. The first kappa shape index (κ1) is 35.2. The minimum Gasteiger partial charge on any atom is -0.495 e. The SMILES string of the molecule is CC/C=C(/OC)C(CC)=Nc1nccc(Oc2ccc(NC(=O)Nc3cc(C(C)(C)C)cc(P(C)(C)=O)c3OC)c3ccccc23)n1. The third-order valence-electron chi connectivity index (χ3n) is 7.40. The van der Waals surface area contributed by atoms with Gasteiger partial charge in [0.25, 0.3) is 5.95 Å². The monoisotopic (exact) mass is 657 g/mol. The van der Waals surface area contributed by atoms with E-state index in [0.717, 1.165) is 28.5 Å². The average Bonchev–Trinajstić information content (AvgIpc) is 3.02. The normalized spacial score (nSPS) is 12.5. The minimum atomic E-state index is -2.73. The summed E-state index contributed by atoms with van der Waals surface area (Å²) in [5, 5.41) is 8.00. The molecule has 0 fully saturated rings. The fourth-order valence-electron chi connectivity index (χ4n) is 4.99. The number of anilines is 2. The number of methoxy groups -OCH3 is 2. The molecule has 0 aliphatic rings. The number of carbonyl (C=O) groups excluding carboxylic acids is 1. The second-order valence-electron chi connectivity index (χ2n) is 12.3. The maximum Gasteiger partial charge on any atom is 0.323 e. The molecule has 0 aliphatic carbocycles. The van der Waals surface area contributed by atoms with Gasteiger partial charge >= 0.3 is 6.03 Å². The van der Waals surface area contributed by atoms with Crippen LogP contribution >= 0.6 is 7.14 Å². The quantitative estimate of drug-likeness (QED) is 0.0937. The summed E-state index contributed by atoms with van der Waals surface area (Å²) in [6, 6.07) is 16.1. The molecule has 0 radical (unpaired) electrons. The van der Waals surface area contributed by atoms with Crippen LogP contribution in [0.2, 0.25) is 0 Å². The zero-order chi connectivity index (χ0) is 34.4. The van der Waals surface area contributed by atoms with E-state index in [1.54, 1.807) is 44.8 Å². The lowest BCUT2D eigenvalue weighted by atomic mass is 9.86. The van der Waals surface area contributed by atoms with E-state index in [4.69, 9.17) is 14.2 Å². The van der Waals surface area contributed by atoms with Crippen LogP contribution in [0.25, 0.3) is 10.8 Å². The van der Waals surface area contributed by atoms with Crippen molar-refractivity contribution in [1.82, 2.24) is 9.97 Å². The lowest BCUT2D eigenvalue weighted by Gasteiger charge is -2.25. The van der Waals surface area contributed by atoms with Crippen molar-refractivity contribution in [2.45, 2.75) is 52.9 Å². The maximum absolute atomic E-state index is 13.4. The Morgan fingerprint density at radius 3 is 2.30 bits per heavy atom. The van der Waals surface area contributed by atoms with Crippen LogP contribution in [-0.2, 0) is 14.7 Å². The number of aromatic nitrogens is 2. The molecular formula is C36H44N5O5P. The highest BCUT2D eigenvalue weighted by Crippen LogP contribution is 2.43. The van der Waals surface area contributed by atoms with E-state index in [2.05, 4.69) is 46.4 Å². The van der Waals surface area contributed by atoms with Gasteiger partial charge in [0.2, 0.25) is 5.88 Å². The van der Waals surface area contributed by atoms with Crippen molar-refractivity contribution in [2.24, 2.45) is 4.99 Å². The first-order valence-electron chi connectivity index (χ1n) is 15.5. The van der Waals surface area contributed by atoms with Gasteiger partial charge in [-0.05, 0) is 67.5 Å². The molecule has 1 aromatic heterocycles. The molecule has 2 amide bonds. The Hall–Kier alpha value is -4.69. The van der Waals surface area contributed by atoms with Crippen molar-refractivity contribution in [3.63, 3.8) is 0 Å². The number of urea groups is 1. The van der Waals surface area contributed by atoms with Gasteiger partial charge in [0.05, 0.1) is 36.6 Å². The first-order valence-corrected chi connectivity index (χ1v) is 18.1. The minimum absolute atomic E-state index is 0.247. The lowest BCUT2D eigenvalue weighted by Crippen LogP contribution is -2.23. The van der Waals surface area contributed by atoms with E-state index in [1.807, 2.05) is 56.3 Å². The smallest absolute Gasteiger partial charge is 0.323 e. The summed E-state index contributed by atoms with van der Waals surface area (Å²) in [7, 11) is 0.401. The van der Waals surface area contributed by atoms with Crippen molar-refractivity contribution >= 4 is 52.3 Å². The van der Waals surface area contributed by atoms with Gasteiger partial charge in [0.15, 0.2) is 5.75 Å². The molecule has 10 nitrogen and oxygen atoms in total. The molecule has 0 unspecified atom stereocenters. The Balaban J connectivity index is 1.64. The second kappa shape index (κ2) is 14.8.